The number of nitrogens with zero attached hydrogens (tertiary/aromatic N) is 1. The van der Waals surface area contributed by atoms with Gasteiger partial charge in [0.1, 0.15) is 6.61 Å². The summed E-state index contributed by atoms with van der Waals surface area (Å²) in [6, 6.07) is 3.31. The van der Waals surface area contributed by atoms with Crippen molar-refractivity contribution < 1.29 is 24.4 Å². The van der Waals surface area contributed by atoms with Crippen LogP contribution in [0.4, 0.5) is 5.69 Å². The second-order valence-corrected chi connectivity index (χ2v) is 3.19. The van der Waals surface area contributed by atoms with Crippen LogP contribution in [0.5, 0.6) is 0 Å². The Balaban J connectivity index is 3.11. The van der Waals surface area contributed by atoms with Crippen LogP contribution in [0, 0.1) is 10.1 Å². The lowest BCUT2D eigenvalue weighted by atomic mass is 10.1. The second-order valence-electron chi connectivity index (χ2n) is 3.19. The summed E-state index contributed by atoms with van der Waals surface area (Å²) in [4.78, 5) is 31.3. The minimum absolute atomic E-state index is 0.0464. The Morgan fingerprint density at radius 2 is 2.12 bits per heavy atom. The normalized spacial score (nSPS) is 9.71. The first kappa shape index (κ1) is 12.6. The molecule has 1 aromatic rings. The van der Waals surface area contributed by atoms with Crippen molar-refractivity contribution in [3.63, 3.8) is 0 Å². The third-order valence-corrected chi connectivity index (χ3v) is 1.95. The summed E-state index contributed by atoms with van der Waals surface area (Å²) in [6.45, 7) is 0.833. The molecule has 0 saturated carbocycles. The predicted molar refractivity (Wildman–Crippen MR) is 55.5 cm³/mol. The summed E-state index contributed by atoms with van der Waals surface area (Å²) in [6.07, 6.45) is 0. The average Bonchev–Trinajstić information content (AvgIpc) is 2.25. The quantitative estimate of drug-likeness (QED) is 0.482. The number of nitro groups is 1. The molecule has 0 radical (unpaired) electrons. The summed E-state index contributed by atoms with van der Waals surface area (Å²) < 4.78 is 4.62. The molecule has 0 aliphatic rings. The molecule has 1 rings (SSSR count). The molecule has 1 N–H and O–H groups in total. The number of carbonyl (C=O) groups is 2. The third kappa shape index (κ3) is 3.26. The van der Waals surface area contributed by atoms with Crippen LogP contribution in [0.1, 0.15) is 22.8 Å². The number of ether oxygens (including phenoxy) is 1. The maximum absolute atomic E-state index is 10.7. The van der Waals surface area contributed by atoms with Crippen LogP contribution in [0.2, 0.25) is 0 Å². The van der Waals surface area contributed by atoms with Crippen LogP contribution in [-0.2, 0) is 16.1 Å². The van der Waals surface area contributed by atoms with E-state index in [1.807, 2.05) is 0 Å². The molecule has 0 spiro atoms. The van der Waals surface area contributed by atoms with E-state index >= 15 is 0 Å². The number of hydrogen-bond donors (Lipinski definition) is 1. The smallest absolute Gasteiger partial charge is 0.335 e. The molecule has 7 heteroatoms. The van der Waals surface area contributed by atoms with Crippen molar-refractivity contribution >= 4 is 17.6 Å². The molecule has 0 atom stereocenters. The first-order chi connectivity index (χ1) is 7.91. The first-order valence-electron chi connectivity index (χ1n) is 4.55. The Morgan fingerprint density at radius 1 is 1.47 bits per heavy atom. The van der Waals surface area contributed by atoms with Gasteiger partial charge < -0.3 is 9.84 Å². The number of esters is 1. The van der Waals surface area contributed by atoms with Gasteiger partial charge in [-0.1, -0.05) is 0 Å². The molecule has 0 amide bonds. The van der Waals surface area contributed by atoms with Crippen molar-refractivity contribution in [3.05, 3.63) is 39.4 Å². The van der Waals surface area contributed by atoms with Gasteiger partial charge in [-0.15, -0.1) is 0 Å². The predicted octanol–water partition coefficient (Wildman–Crippen LogP) is 1.36. The minimum atomic E-state index is -1.20. The number of nitro benzene ring substituents is 1. The van der Waals surface area contributed by atoms with Gasteiger partial charge in [-0.3, -0.25) is 14.9 Å². The number of benzene rings is 1. The maximum atomic E-state index is 10.7. The topological polar surface area (TPSA) is 107 Å². The summed E-state index contributed by atoms with van der Waals surface area (Å²) in [5.74, 6) is -1.80. The van der Waals surface area contributed by atoms with E-state index < -0.39 is 16.9 Å². The summed E-state index contributed by atoms with van der Waals surface area (Å²) in [5, 5.41) is 19.4. The zero-order chi connectivity index (χ0) is 13.0. The first-order valence-corrected chi connectivity index (χ1v) is 4.55. The zero-order valence-electron chi connectivity index (χ0n) is 8.87. The third-order valence-electron chi connectivity index (χ3n) is 1.95. The monoisotopic (exact) mass is 239 g/mol. The standard InChI is InChI=1S/C10H9NO6/c1-6(12)17-5-8-4-7(10(13)14)2-3-9(8)11(15)16/h2-4H,5H2,1H3,(H,13,14). The Labute approximate surface area is 95.8 Å². The molecule has 0 aliphatic carbocycles. The fourth-order valence-corrected chi connectivity index (χ4v) is 1.19. The lowest BCUT2D eigenvalue weighted by Crippen LogP contribution is -2.05. The van der Waals surface area contributed by atoms with E-state index in [2.05, 4.69) is 4.74 Å². The fourth-order valence-electron chi connectivity index (χ4n) is 1.19. The molecule has 7 nitrogen and oxygen atoms in total. The van der Waals surface area contributed by atoms with Crippen molar-refractivity contribution in [1.82, 2.24) is 0 Å². The Morgan fingerprint density at radius 3 is 2.59 bits per heavy atom. The molecule has 1 aromatic carbocycles. The van der Waals surface area contributed by atoms with Crippen molar-refractivity contribution in [3.8, 4) is 0 Å². The van der Waals surface area contributed by atoms with Gasteiger partial charge in [0.15, 0.2) is 0 Å². The lowest BCUT2D eigenvalue weighted by Gasteiger charge is -2.04. The van der Waals surface area contributed by atoms with E-state index in [1.165, 1.54) is 0 Å². The van der Waals surface area contributed by atoms with Crippen LogP contribution in [0.15, 0.2) is 18.2 Å². The molecule has 0 fully saturated rings. The molecule has 17 heavy (non-hydrogen) atoms. The summed E-state index contributed by atoms with van der Waals surface area (Å²) >= 11 is 0. The number of rotatable bonds is 4. The highest BCUT2D eigenvalue weighted by Crippen LogP contribution is 2.21. The minimum Gasteiger partial charge on any atom is -0.478 e. The van der Waals surface area contributed by atoms with E-state index in [9.17, 15) is 19.7 Å². The Hall–Kier alpha value is -2.44. The van der Waals surface area contributed by atoms with E-state index in [0.717, 1.165) is 25.1 Å². The molecule has 90 valence electrons. The van der Waals surface area contributed by atoms with E-state index in [0.29, 0.717) is 0 Å². The number of carboxylic acid groups (broad SMARTS) is 1. The highest BCUT2D eigenvalue weighted by Gasteiger charge is 2.17. The Kier molecular flexibility index (Phi) is 3.76. The average molecular weight is 239 g/mol. The van der Waals surface area contributed by atoms with Crippen molar-refractivity contribution in [2.24, 2.45) is 0 Å². The van der Waals surface area contributed by atoms with Gasteiger partial charge in [-0.25, -0.2) is 4.79 Å². The van der Waals surface area contributed by atoms with Crippen molar-refractivity contribution in [2.45, 2.75) is 13.5 Å². The van der Waals surface area contributed by atoms with Crippen LogP contribution in [0.3, 0.4) is 0 Å². The second kappa shape index (κ2) is 5.06. The van der Waals surface area contributed by atoms with Gasteiger partial charge in [0.25, 0.3) is 5.69 Å². The van der Waals surface area contributed by atoms with Gasteiger partial charge in [0, 0.05) is 13.0 Å². The van der Waals surface area contributed by atoms with Gasteiger partial charge in [0.05, 0.1) is 16.1 Å². The SMILES string of the molecule is CC(=O)OCc1cc(C(=O)O)ccc1[N+](=O)[O-]. The van der Waals surface area contributed by atoms with Gasteiger partial charge in [-0.2, -0.15) is 0 Å². The van der Waals surface area contributed by atoms with Crippen molar-refractivity contribution in [2.75, 3.05) is 0 Å². The summed E-state index contributed by atoms with van der Waals surface area (Å²) in [5.41, 5.74) is -0.334. The molecule has 0 bridgehead atoms. The largest absolute Gasteiger partial charge is 0.478 e. The molecule has 0 saturated heterocycles. The fraction of sp³-hybridized carbons (Fsp3) is 0.200. The van der Waals surface area contributed by atoms with E-state index in [1.54, 1.807) is 0 Å². The van der Waals surface area contributed by atoms with Crippen molar-refractivity contribution in [1.29, 1.82) is 0 Å². The van der Waals surface area contributed by atoms with Crippen LogP contribution in [0.25, 0.3) is 0 Å². The number of aromatic carboxylic acids is 1. The van der Waals surface area contributed by atoms with Gasteiger partial charge >= 0.3 is 11.9 Å². The van der Waals surface area contributed by atoms with E-state index in [4.69, 9.17) is 5.11 Å². The molecule has 0 unspecified atom stereocenters. The zero-order valence-corrected chi connectivity index (χ0v) is 8.87. The molecule has 0 aromatic heterocycles. The molecule has 0 heterocycles. The van der Waals surface area contributed by atoms with Crippen LogP contribution >= 0.6 is 0 Å². The summed E-state index contributed by atoms with van der Waals surface area (Å²) in [7, 11) is 0. The van der Waals surface area contributed by atoms with Crippen LogP contribution in [-0.4, -0.2) is 22.0 Å². The highest BCUT2D eigenvalue weighted by atomic mass is 16.6. The number of carbonyl (C=O) groups excluding carboxylic acids is 1. The lowest BCUT2D eigenvalue weighted by molar-refractivity contribution is -0.385. The van der Waals surface area contributed by atoms with E-state index in [-0.39, 0.29) is 23.4 Å². The molecular formula is C10H9NO6. The number of carboxylic acids is 1. The van der Waals surface area contributed by atoms with Crippen LogP contribution < -0.4 is 0 Å². The maximum Gasteiger partial charge on any atom is 0.335 e. The van der Waals surface area contributed by atoms with Gasteiger partial charge in [0.2, 0.25) is 0 Å². The highest BCUT2D eigenvalue weighted by molar-refractivity contribution is 5.88. The molecule has 0 aliphatic heterocycles. The molecular weight excluding hydrogens is 230 g/mol. The van der Waals surface area contributed by atoms with Gasteiger partial charge in [-0.05, 0) is 12.1 Å². The number of hydrogen-bond acceptors (Lipinski definition) is 5. The Bertz CT molecular complexity index is 482.